The lowest BCUT2D eigenvalue weighted by atomic mass is 9.91. The average molecular weight is 410 g/mol. The van der Waals surface area contributed by atoms with E-state index in [0.717, 1.165) is 12.1 Å². The molecule has 6 N–H and O–H groups in total. The van der Waals surface area contributed by atoms with Crippen molar-refractivity contribution in [1.82, 2.24) is 9.97 Å². The van der Waals surface area contributed by atoms with Crippen LogP contribution in [0, 0.1) is 11.3 Å². The van der Waals surface area contributed by atoms with Gasteiger partial charge in [-0.05, 0) is 25.1 Å². The Morgan fingerprint density at radius 1 is 1.38 bits per heavy atom. The monoisotopic (exact) mass is 410 g/mol. The summed E-state index contributed by atoms with van der Waals surface area (Å²) in [6.45, 7) is 0.650. The number of halogens is 3. The fourth-order valence-corrected chi connectivity index (χ4v) is 2.56. The van der Waals surface area contributed by atoms with Crippen LogP contribution in [0.5, 0.6) is 5.88 Å². The minimum atomic E-state index is -4.65. The van der Waals surface area contributed by atoms with Crippen LogP contribution in [0.3, 0.4) is 0 Å². The van der Waals surface area contributed by atoms with Gasteiger partial charge in [0, 0.05) is 5.69 Å². The third-order valence-electron chi connectivity index (χ3n) is 3.90. The van der Waals surface area contributed by atoms with Crippen molar-refractivity contribution in [2.45, 2.75) is 18.6 Å². The number of carbonyl (C=O) groups is 1. The van der Waals surface area contributed by atoms with E-state index in [1.807, 2.05) is 0 Å². The molecule has 0 bridgehead atoms. The standard InChI is InChI=1S/C17H17F3N6O3/c1-2-29-13-11(7-21)12(24-15(23)25-13)16(8-27,14(22)28)26-10-5-3-4-9(6-10)17(18,19)20/h3-6,26-27H,2,8H2,1H3,(H2,22,28)(H2,23,24,25)/t16-/m1/s1. The molecule has 12 heteroatoms. The second kappa shape index (κ2) is 8.19. The largest absolute Gasteiger partial charge is 0.477 e. The molecule has 0 unspecified atom stereocenters. The number of amides is 1. The second-order valence-corrected chi connectivity index (χ2v) is 5.79. The molecule has 0 saturated heterocycles. The third-order valence-corrected chi connectivity index (χ3v) is 3.90. The first kappa shape index (κ1) is 21.7. The van der Waals surface area contributed by atoms with Crippen molar-refractivity contribution >= 4 is 17.5 Å². The van der Waals surface area contributed by atoms with Crippen LogP contribution in [-0.4, -0.2) is 34.2 Å². The number of carbonyl (C=O) groups excluding carboxylic acids is 1. The molecule has 0 spiro atoms. The summed E-state index contributed by atoms with van der Waals surface area (Å²) in [6, 6.07) is 5.61. The van der Waals surface area contributed by atoms with E-state index in [0.29, 0.717) is 6.07 Å². The van der Waals surface area contributed by atoms with E-state index in [9.17, 15) is 28.3 Å². The molecule has 2 aromatic rings. The Balaban J connectivity index is 2.70. The van der Waals surface area contributed by atoms with Crippen LogP contribution in [0.4, 0.5) is 24.8 Å². The van der Waals surface area contributed by atoms with Gasteiger partial charge in [-0.15, -0.1) is 0 Å². The summed E-state index contributed by atoms with van der Waals surface area (Å²) < 4.78 is 44.2. The van der Waals surface area contributed by atoms with E-state index in [1.165, 1.54) is 6.07 Å². The molecule has 0 saturated carbocycles. The van der Waals surface area contributed by atoms with Gasteiger partial charge in [-0.3, -0.25) is 4.79 Å². The number of aliphatic hydroxyl groups is 1. The van der Waals surface area contributed by atoms with Gasteiger partial charge < -0.3 is 26.6 Å². The lowest BCUT2D eigenvalue weighted by molar-refractivity contribution is -0.137. The minimum Gasteiger partial charge on any atom is -0.477 e. The first-order chi connectivity index (χ1) is 13.6. The SMILES string of the molecule is CCOc1nc(N)nc([C@@](CO)(Nc2cccc(C(F)(F)F)c2)C(N)=O)c1C#N. The number of anilines is 2. The van der Waals surface area contributed by atoms with Gasteiger partial charge in [0.1, 0.15) is 17.3 Å². The van der Waals surface area contributed by atoms with Crippen LogP contribution in [0.2, 0.25) is 0 Å². The molecule has 0 aliphatic carbocycles. The fourth-order valence-electron chi connectivity index (χ4n) is 2.56. The smallest absolute Gasteiger partial charge is 0.416 e. The summed E-state index contributed by atoms with van der Waals surface area (Å²) >= 11 is 0. The molecule has 1 aromatic heterocycles. The van der Waals surface area contributed by atoms with Crippen LogP contribution in [0.25, 0.3) is 0 Å². The Labute approximate surface area is 163 Å². The topological polar surface area (TPSA) is 160 Å². The van der Waals surface area contributed by atoms with Crippen molar-refractivity contribution in [2.24, 2.45) is 5.73 Å². The van der Waals surface area contributed by atoms with Crippen molar-refractivity contribution in [2.75, 3.05) is 24.3 Å². The number of aliphatic hydroxyl groups excluding tert-OH is 1. The third kappa shape index (κ3) is 4.30. The predicted octanol–water partition coefficient (Wildman–Crippen LogP) is 1.13. The number of alkyl halides is 3. The molecule has 1 amide bonds. The molecule has 0 aliphatic rings. The molecule has 1 aromatic carbocycles. The van der Waals surface area contributed by atoms with Crippen molar-refractivity contribution < 1.29 is 27.8 Å². The van der Waals surface area contributed by atoms with Crippen LogP contribution in [0.15, 0.2) is 24.3 Å². The molecule has 0 aliphatic heterocycles. The van der Waals surface area contributed by atoms with E-state index in [4.69, 9.17) is 16.2 Å². The second-order valence-electron chi connectivity index (χ2n) is 5.79. The Kier molecular flexibility index (Phi) is 6.13. The number of rotatable bonds is 7. The normalized spacial score (nSPS) is 13.2. The molecule has 9 nitrogen and oxygen atoms in total. The van der Waals surface area contributed by atoms with Crippen molar-refractivity contribution in [1.29, 1.82) is 5.26 Å². The van der Waals surface area contributed by atoms with Crippen LogP contribution in [-0.2, 0) is 16.5 Å². The lowest BCUT2D eigenvalue weighted by Gasteiger charge is -2.31. The Morgan fingerprint density at radius 3 is 2.59 bits per heavy atom. The van der Waals surface area contributed by atoms with E-state index < -0.39 is 41.4 Å². The van der Waals surface area contributed by atoms with Gasteiger partial charge in [-0.1, -0.05) is 6.07 Å². The highest BCUT2D eigenvalue weighted by molar-refractivity contribution is 5.90. The summed E-state index contributed by atoms with van der Waals surface area (Å²) in [4.78, 5) is 19.9. The highest BCUT2D eigenvalue weighted by Gasteiger charge is 2.44. The molecular formula is C17H17F3N6O3. The van der Waals surface area contributed by atoms with Gasteiger partial charge in [0.25, 0.3) is 5.91 Å². The highest BCUT2D eigenvalue weighted by Crippen LogP contribution is 2.34. The number of primary amides is 1. The maximum atomic E-state index is 13.0. The Hall–Kier alpha value is -3.59. The number of nitrogen functional groups attached to an aromatic ring is 1. The van der Waals surface area contributed by atoms with E-state index in [1.54, 1.807) is 13.0 Å². The molecule has 29 heavy (non-hydrogen) atoms. The van der Waals surface area contributed by atoms with Gasteiger partial charge >= 0.3 is 6.18 Å². The van der Waals surface area contributed by atoms with E-state index in [-0.39, 0.29) is 23.7 Å². The number of ether oxygens (including phenoxy) is 1. The first-order valence-corrected chi connectivity index (χ1v) is 8.16. The minimum absolute atomic E-state index is 0.0916. The number of hydrogen-bond acceptors (Lipinski definition) is 8. The Bertz CT molecular complexity index is 960. The van der Waals surface area contributed by atoms with E-state index >= 15 is 0 Å². The molecule has 154 valence electrons. The molecular weight excluding hydrogens is 393 g/mol. The fraction of sp³-hybridized carbons (Fsp3) is 0.294. The summed E-state index contributed by atoms with van der Waals surface area (Å²) in [5, 5.41) is 22.0. The van der Waals surface area contributed by atoms with Gasteiger partial charge in [-0.25, -0.2) is 4.98 Å². The summed E-state index contributed by atoms with van der Waals surface area (Å²) in [5.41, 5.74) is 6.80. The maximum absolute atomic E-state index is 13.0. The summed E-state index contributed by atoms with van der Waals surface area (Å²) in [7, 11) is 0. The lowest BCUT2D eigenvalue weighted by Crippen LogP contribution is -2.52. The molecule has 1 atom stereocenters. The van der Waals surface area contributed by atoms with Gasteiger partial charge in [0.15, 0.2) is 5.54 Å². The number of nitrogens with zero attached hydrogens (tertiary/aromatic N) is 3. The van der Waals surface area contributed by atoms with Crippen LogP contribution >= 0.6 is 0 Å². The van der Waals surface area contributed by atoms with Crippen LogP contribution < -0.4 is 21.5 Å². The zero-order valence-corrected chi connectivity index (χ0v) is 15.1. The predicted molar refractivity (Wildman–Crippen MR) is 95.4 cm³/mol. The molecule has 0 radical (unpaired) electrons. The zero-order valence-electron chi connectivity index (χ0n) is 15.1. The van der Waals surface area contributed by atoms with Crippen molar-refractivity contribution in [3.63, 3.8) is 0 Å². The maximum Gasteiger partial charge on any atom is 0.416 e. The average Bonchev–Trinajstić information content (AvgIpc) is 2.65. The van der Waals surface area contributed by atoms with Crippen LogP contribution in [0.1, 0.15) is 23.7 Å². The summed E-state index contributed by atoms with van der Waals surface area (Å²) in [6.07, 6.45) is -4.65. The quantitative estimate of drug-likeness (QED) is 0.528. The zero-order chi connectivity index (χ0) is 21.8. The molecule has 1 heterocycles. The number of aromatic nitrogens is 2. The van der Waals surface area contributed by atoms with Crippen molar-refractivity contribution in [3.05, 3.63) is 41.1 Å². The highest BCUT2D eigenvalue weighted by atomic mass is 19.4. The van der Waals surface area contributed by atoms with Crippen molar-refractivity contribution in [3.8, 4) is 11.9 Å². The molecule has 0 fully saturated rings. The van der Waals surface area contributed by atoms with Gasteiger partial charge in [0.05, 0.1) is 18.8 Å². The first-order valence-electron chi connectivity index (χ1n) is 8.16. The number of nitriles is 1. The Morgan fingerprint density at radius 2 is 2.07 bits per heavy atom. The number of benzene rings is 1. The number of nitrogens with one attached hydrogen (secondary N) is 1. The van der Waals surface area contributed by atoms with Gasteiger partial charge in [-0.2, -0.15) is 23.4 Å². The number of hydrogen-bond donors (Lipinski definition) is 4. The number of nitrogens with two attached hydrogens (primary N) is 2. The van der Waals surface area contributed by atoms with Gasteiger partial charge in [0.2, 0.25) is 11.8 Å². The molecule has 2 rings (SSSR count). The summed E-state index contributed by atoms with van der Waals surface area (Å²) in [5.74, 6) is -1.87. The van der Waals surface area contributed by atoms with E-state index in [2.05, 4.69) is 15.3 Å².